The maximum Gasteiger partial charge on any atom is 0.252 e. The number of nitrogens with one attached hydrogen (secondary N) is 1. The fourth-order valence-electron chi connectivity index (χ4n) is 1.60. The van der Waals surface area contributed by atoms with Crippen LogP contribution in [0.25, 0.3) is 0 Å². The van der Waals surface area contributed by atoms with E-state index in [1.807, 2.05) is 13.0 Å². The smallest absolute Gasteiger partial charge is 0.252 e. The Hall–Kier alpha value is -1.31. The van der Waals surface area contributed by atoms with Crippen molar-refractivity contribution in [3.8, 4) is 0 Å². The first kappa shape index (κ1) is 9.78. The van der Waals surface area contributed by atoms with E-state index < -0.39 is 0 Å². The van der Waals surface area contributed by atoms with Gasteiger partial charge >= 0.3 is 0 Å². The summed E-state index contributed by atoms with van der Waals surface area (Å²) in [6.45, 7) is 7.61. The van der Waals surface area contributed by atoms with Crippen LogP contribution in [0.1, 0.15) is 20.3 Å². The van der Waals surface area contributed by atoms with Gasteiger partial charge in [0.05, 0.1) is 6.04 Å². The van der Waals surface area contributed by atoms with Gasteiger partial charge in [-0.05, 0) is 25.0 Å². The second-order valence-electron chi connectivity index (χ2n) is 2.99. The Balaban J connectivity index is 3.03. The molecule has 0 radical (unpaired) electrons. The van der Waals surface area contributed by atoms with Gasteiger partial charge < -0.3 is 5.32 Å². The van der Waals surface area contributed by atoms with Crippen LogP contribution in [0.5, 0.6) is 0 Å². The molecule has 1 fully saturated rings. The number of allylic oxidation sites excluding steroid dienone is 3. The van der Waals surface area contributed by atoms with Gasteiger partial charge in [0.25, 0.3) is 5.91 Å². The summed E-state index contributed by atoms with van der Waals surface area (Å²) >= 11 is 0. The lowest BCUT2D eigenvalue weighted by Crippen LogP contribution is -2.25. The molecule has 1 unspecified atom stereocenters. The van der Waals surface area contributed by atoms with Crippen LogP contribution in [0.15, 0.2) is 36.0 Å². The maximum absolute atomic E-state index is 11.4. The summed E-state index contributed by atoms with van der Waals surface area (Å²) < 4.78 is 0. The van der Waals surface area contributed by atoms with Crippen molar-refractivity contribution in [2.45, 2.75) is 26.3 Å². The molecule has 0 spiro atoms. The van der Waals surface area contributed by atoms with Crippen molar-refractivity contribution >= 4 is 5.91 Å². The largest absolute Gasteiger partial charge is 0.345 e. The molecule has 1 amide bonds. The molecule has 1 aliphatic heterocycles. The van der Waals surface area contributed by atoms with Crippen LogP contribution in [0.3, 0.4) is 0 Å². The lowest BCUT2D eigenvalue weighted by atomic mass is 10.0. The number of carbonyl (C=O) groups excluding carboxylic acids is 1. The second kappa shape index (κ2) is 4.08. The minimum atomic E-state index is 0.0138. The van der Waals surface area contributed by atoms with Gasteiger partial charge in [0.1, 0.15) is 0 Å². The van der Waals surface area contributed by atoms with E-state index >= 15 is 0 Å². The zero-order valence-corrected chi connectivity index (χ0v) is 8.13. The standard InChI is InChI=1S/C11H15NO/c1-4-7-9-8(5-2)10(6-3)12-11(9)13/h4-5,7,10H,1,6H2,2-3H3,(H,12,13)/b8-5+,9-7+. The summed E-state index contributed by atoms with van der Waals surface area (Å²) in [5.41, 5.74) is 1.84. The number of amides is 1. The topological polar surface area (TPSA) is 29.1 Å². The average molecular weight is 177 g/mol. The molecule has 2 heteroatoms. The predicted molar refractivity (Wildman–Crippen MR) is 54.3 cm³/mol. The van der Waals surface area contributed by atoms with E-state index in [4.69, 9.17) is 0 Å². The highest BCUT2D eigenvalue weighted by Gasteiger charge is 2.28. The second-order valence-corrected chi connectivity index (χ2v) is 2.99. The highest BCUT2D eigenvalue weighted by Crippen LogP contribution is 2.23. The van der Waals surface area contributed by atoms with Crippen LogP contribution in [-0.4, -0.2) is 11.9 Å². The molecule has 1 rings (SSSR count). The average Bonchev–Trinajstić information content (AvgIpc) is 2.44. The van der Waals surface area contributed by atoms with E-state index in [0.29, 0.717) is 0 Å². The van der Waals surface area contributed by atoms with Crippen molar-refractivity contribution < 1.29 is 4.79 Å². The van der Waals surface area contributed by atoms with Crippen LogP contribution in [0.2, 0.25) is 0 Å². The summed E-state index contributed by atoms with van der Waals surface area (Å²) in [7, 11) is 0. The SMILES string of the molecule is C=C/C=C1/C(=O)NC(CC)/C1=C/C. The molecule has 70 valence electrons. The molecule has 0 aromatic carbocycles. The van der Waals surface area contributed by atoms with Gasteiger partial charge in [0.15, 0.2) is 0 Å². The van der Waals surface area contributed by atoms with Gasteiger partial charge in [-0.3, -0.25) is 4.79 Å². The van der Waals surface area contributed by atoms with Crippen molar-refractivity contribution in [3.05, 3.63) is 36.0 Å². The molecule has 1 saturated heterocycles. The number of carbonyl (C=O) groups is 1. The minimum Gasteiger partial charge on any atom is -0.345 e. The minimum absolute atomic E-state index is 0.0138. The van der Waals surface area contributed by atoms with E-state index in [1.54, 1.807) is 12.2 Å². The van der Waals surface area contributed by atoms with Gasteiger partial charge in [-0.1, -0.05) is 25.7 Å². The van der Waals surface area contributed by atoms with Gasteiger partial charge in [-0.25, -0.2) is 0 Å². The first-order valence-electron chi connectivity index (χ1n) is 4.54. The van der Waals surface area contributed by atoms with Crippen molar-refractivity contribution in [1.82, 2.24) is 5.32 Å². The first-order valence-corrected chi connectivity index (χ1v) is 4.54. The van der Waals surface area contributed by atoms with Crippen LogP contribution < -0.4 is 5.32 Å². The van der Waals surface area contributed by atoms with Crippen LogP contribution in [0, 0.1) is 0 Å². The Morgan fingerprint density at radius 2 is 2.31 bits per heavy atom. The molecule has 13 heavy (non-hydrogen) atoms. The van der Waals surface area contributed by atoms with Gasteiger partial charge in [-0.2, -0.15) is 0 Å². The van der Waals surface area contributed by atoms with Crippen molar-refractivity contribution in [1.29, 1.82) is 0 Å². The van der Waals surface area contributed by atoms with Crippen LogP contribution in [0.4, 0.5) is 0 Å². The maximum atomic E-state index is 11.4. The zero-order valence-electron chi connectivity index (χ0n) is 8.13. The third kappa shape index (κ3) is 1.72. The molecular weight excluding hydrogens is 162 g/mol. The molecule has 0 saturated carbocycles. The van der Waals surface area contributed by atoms with Crippen molar-refractivity contribution in [2.24, 2.45) is 0 Å². The highest BCUT2D eigenvalue weighted by atomic mass is 16.2. The molecule has 1 aliphatic rings. The number of hydrogen-bond acceptors (Lipinski definition) is 1. The normalized spacial score (nSPS) is 28.2. The van der Waals surface area contributed by atoms with Crippen LogP contribution >= 0.6 is 0 Å². The number of hydrogen-bond donors (Lipinski definition) is 1. The fraction of sp³-hybridized carbons (Fsp3) is 0.364. The summed E-state index contributed by atoms with van der Waals surface area (Å²) in [6.07, 6.45) is 6.33. The van der Waals surface area contributed by atoms with Crippen molar-refractivity contribution in [3.63, 3.8) is 0 Å². The van der Waals surface area contributed by atoms with Gasteiger partial charge in [-0.15, -0.1) is 0 Å². The lowest BCUT2D eigenvalue weighted by Gasteiger charge is -2.06. The molecule has 1 N–H and O–H groups in total. The molecule has 2 nitrogen and oxygen atoms in total. The molecule has 0 aromatic rings. The predicted octanol–water partition coefficient (Wildman–Crippen LogP) is 1.95. The summed E-state index contributed by atoms with van der Waals surface area (Å²) in [6, 6.07) is 0.184. The Bertz CT molecular complexity index is 286. The molecule has 0 bridgehead atoms. The quantitative estimate of drug-likeness (QED) is 0.642. The summed E-state index contributed by atoms with van der Waals surface area (Å²) in [5, 5.41) is 2.92. The zero-order chi connectivity index (χ0) is 9.84. The Morgan fingerprint density at radius 1 is 1.62 bits per heavy atom. The number of rotatable bonds is 2. The Labute approximate surface area is 79.0 Å². The molecule has 0 aliphatic carbocycles. The summed E-state index contributed by atoms with van der Waals surface area (Å²) in [4.78, 5) is 11.4. The van der Waals surface area contributed by atoms with Gasteiger partial charge in [0.2, 0.25) is 0 Å². The monoisotopic (exact) mass is 177 g/mol. The third-order valence-electron chi connectivity index (χ3n) is 2.24. The van der Waals surface area contributed by atoms with E-state index in [0.717, 1.165) is 17.6 Å². The van der Waals surface area contributed by atoms with Crippen LogP contribution in [-0.2, 0) is 4.79 Å². The van der Waals surface area contributed by atoms with E-state index in [2.05, 4.69) is 18.8 Å². The first-order chi connectivity index (χ1) is 6.24. The summed E-state index contributed by atoms with van der Waals surface area (Å²) in [5.74, 6) is 0.0138. The Kier molecular flexibility index (Phi) is 3.07. The molecule has 0 aromatic heterocycles. The third-order valence-corrected chi connectivity index (χ3v) is 2.24. The highest BCUT2D eigenvalue weighted by molar-refractivity contribution is 6.02. The Morgan fingerprint density at radius 3 is 2.77 bits per heavy atom. The molecular formula is C11H15NO. The van der Waals surface area contributed by atoms with Gasteiger partial charge in [0, 0.05) is 5.57 Å². The molecule has 1 heterocycles. The molecule has 1 atom stereocenters. The van der Waals surface area contributed by atoms with E-state index in [9.17, 15) is 4.79 Å². The lowest BCUT2D eigenvalue weighted by molar-refractivity contribution is -0.116. The van der Waals surface area contributed by atoms with Crippen molar-refractivity contribution in [2.75, 3.05) is 0 Å². The van der Waals surface area contributed by atoms with E-state index in [1.165, 1.54) is 0 Å². The fourth-order valence-corrected chi connectivity index (χ4v) is 1.60. The van der Waals surface area contributed by atoms with E-state index in [-0.39, 0.29) is 11.9 Å².